The molecular weight excluding hydrogens is 172 g/mol. The third-order valence-electron chi connectivity index (χ3n) is 2.03. The number of hydrogen-bond donors (Lipinski definition) is 0. The first-order chi connectivity index (χ1) is 5.73. The second kappa shape index (κ2) is 3.76. The molecular formula is C12H24N2. The summed E-state index contributed by atoms with van der Waals surface area (Å²) in [6.45, 7) is 13.2. The van der Waals surface area contributed by atoms with E-state index in [1.165, 1.54) is 0 Å². The SMILES string of the molecule is C.CC(C)(C)c1nccn1C(C)(C)C. The van der Waals surface area contributed by atoms with E-state index in [-0.39, 0.29) is 18.4 Å². The maximum absolute atomic E-state index is 4.42. The molecule has 1 aromatic rings. The molecule has 0 radical (unpaired) electrons. The third kappa shape index (κ3) is 2.60. The zero-order valence-corrected chi connectivity index (χ0v) is 9.55. The highest BCUT2D eigenvalue weighted by atomic mass is 15.1. The lowest BCUT2D eigenvalue weighted by Gasteiger charge is -2.28. The van der Waals surface area contributed by atoms with E-state index in [9.17, 15) is 0 Å². The summed E-state index contributed by atoms with van der Waals surface area (Å²) in [6.07, 6.45) is 3.94. The summed E-state index contributed by atoms with van der Waals surface area (Å²) in [7, 11) is 0. The van der Waals surface area contributed by atoms with E-state index in [0.717, 1.165) is 5.82 Å². The number of nitrogens with zero attached hydrogens (tertiary/aromatic N) is 2. The summed E-state index contributed by atoms with van der Waals surface area (Å²) in [5.74, 6) is 1.15. The molecule has 1 heterocycles. The second-order valence-corrected chi connectivity index (χ2v) is 5.54. The molecule has 0 spiro atoms. The van der Waals surface area contributed by atoms with Crippen molar-refractivity contribution in [3.05, 3.63) is 18.2 Å². The van der Waals surface area contributed by atoms with Gasteiger partial charge in [0.15, 0.2) is 0 Å². The smallest absolute Gasteiger partial charge is 0.114 e. The van der Waals surface area contributed by atoms with Crippen molar-refractivity contribution in [2.24, 2.45) is 0 Å². The van der Waals surface area contributed by atoms with Crippen molar-refractivity contribution in [2.45, 2.75) is 59.9 Å². The van der Waals surface area contributed by atoms with Crippen LogP contribution in [0.2, 0.25) is 0 Å². The van der Waals surface area contributed by atoms with Crippen LogP contribution in [0.5, 0.6) is 0 Å². The van der Waals surface area contributed by atoms with E-state index in [1.54, 1.807) is 0 Å². The van der Waals surface area contributed by atoms with Gasteiger partial charge in [0.1, 0.15) is 5.82 Å². The Bertz CT molecular complexity index is 256. The number of rotatable bonds is 0. The van der Waals surface area contributed by atoms with Gasteiger partial charge in [-0.3, -0.25) is 0 Å². The van der Waals surface area contributed by atoms with Crippen molar-refractivity contribution in [2.75, 3.05) is 0 Å². The first-order valence-corrected chi connectivity index (χ1v) is 4.77. The maximum Gasteiger partial charge on any atom is 0.114 e. The predicted molar refractivity (Wildman–Crippen MR) is 62.7 cm³/mol. The molecule has 2 heteroatoms. The Kier molecular flexibility index (Phi) is 3.54. The summed E-state index contributed by atoms with van der Waals surface area (Å²) < 4.78 is 2.24. The zero-order valence-electron chi connectivity index (χ0n) is 9.55. The van der Waals surface area contributed by atoms with E-state index < -0.39 is 0 Å². The molecule has 0 aliphatic heterocycles. The van der Waals surface area contributed by atoms with Crippen molar-refractivity contribution in [3.8, 4) is 0 Å². The number of imidazole rings is 1. The number of hydrogen-bond acceptors (Lipinski definition) is 1. The Hall–Kier alpha value is -0.790. The van der Waals surface area contributed by atoms with E-state index in [4.69, 9.17) is 0 Å². The van der Waals surface area contributed by atoms with Gasteiger partial charge in [0.2, 0.25) is 0 Å². The molecule has 2 nitrogen and oxygen atoms in total. The minimum atomic E-state index is 0. The van der Waals surface area contributed by atoms with Crippen molar-refractivity contribution in [1.82, 2.24) is 9.55 Å². The van der Waals surface area contributed by atoms with Crippen LogP contribution in [-0.4, -0.2) is 9.55 Å². The normalized spacial score (nSPS) is 12.4. The standard InChI is InChI=1S/C11H20N2.CH4/c1-10(2,3)9-12-7-8-13(9)11(4,5)6;/h7-8H,1-6H3;1H4. The van der Waals surface area contributed by atoms with Gasteiger partial charge < -0.3 is 4.57 Å². The molecule has 0 fully saturated rings. The molecule has 0 aromatic carbocycles. The van der Waals surface area contributed by atoms with Crippen molar-refractivity contribution in [3.63, 3.8) is 0 Å². The molecule has 0 aliphatic rings. The largest absolute Gasteiger partial charge is 0.329 e. The fourth-order valence-corrected chi connectivity index (χ4v) is 1.40. The van der Waals surface area contributed by atoms with Crippen molar-refractivity contribution in [1.29, 1.82) is 0 Å². The average Bonchev–Trinajstić information content (AvgIpc) is 2.27. The fourth-order valence-electron chi connectivity index (χ4n) is 1.40. The van der Waals surface area contributed by atoms with Crippen LogP contribution in [0.1, 0.15) is 54.8 Å². The summed E-state index contributed by atoms with van der Waals surface area (Å²) in [5.41, 5.74) is 0.246. The Labute approximate surface area is 88.4 Å². The van der Waals surface area contributed by atoms with Crippen molar-refractivity contribution >= 4 is 0 Å². The van der Waals surface area contributed by atoms with Crippen molar-refractivity contribution < 1.29 is 0 Å². The summed E-state index contributed by atoms with van der Waals surface area (Å²) >= 11 is 0. The van der Waals surface area contributed by atoms with Crippen LogP contribution in [0, 0.1) is 0 Å². The zero-order chi connectivity index (χ0) is 10.3. The third-order valence-corrected chi connectivity index (χ3v) is 2.03. The summed E-state index contributed by atoms with van der Waals surface area (Å²) in [5, 5.41) is 0. The Morgan fingerprint density at radius 3 is 1.86 bits per heavy atom. The van der Waals surface area contributed by atoms with Crippen LogP contribution in [0.25, 0.3) is 0 Å². The van der Waals surface area contributed by atoms with E-state index in [0.29, 0.717) is 0 Å². The van der Waals surface area contributed by atoms with Gasteiger partial charge in [-0.2, -0.15) is 0 Å². The van der Waals surface area contributed by atoms with Gasteiger partial charge in [-0.05, 0) is 20.8 Å². The number of aromatic nitrogens is 2. The van der Waals surface area contributed by atoms with Gasteiger partial charge in [0.05, 0.1) is 0 Å². The highest BCUT2D eigenvalue weighted by molar-refractivity contribution is 5.07. The summed E-state index contributed by atoms with van der Waals surface area (Å²) in [4.78, 5) is 4.42. The first kappa shape index (κ1) is 13.2. The van der Waals surface area contributed by atoms with Gasteiger partial charge in [-0.1, -0.05) is 28.2 Å². The first-order valence-electron chi connectivity index (χ1n) is 4.77. The van der Waals surface area contributed by atoms with E-state index in [1.807, 2.05) is 6.20 Å². The van der Waals surface area contributed by atoms with Crippen LogP contribution in [0.3, 0.4) is 0 Å². The molecule has 0 saturated heterocycles. The van der Waals surface area contributed by atoms with E-state index >= 15 is 0 Å². The van der Waals surface area contributed by atoms with Gasteiger partial charge in [-0.25, -0.2) is 4.98 Å². The van der Waals surface area contributed by atoms with Gasteiger partial charge in [0.25, 0.3) is 0 Å². The lowest BCUT2D eigenvalue weighted by atomic mass is 9.94. The minimum absolute atomic E-state index is 0. The molecule has 0 unspecified atom stereocenters. The molecule has 0 amide bonds. The lowest BCUT2D eigenvalue weighted by Crippen LogP contribution is -2.29. The molecule has 82 valence electrons. The fraction of sp³-hybridized carbons (Fsp3) is 0.750. The average molecular weight is 196 g/mol. The van der Waals surface area contributed by atoms with Crippen LogP contribution in [0.15, 0.2) is 12.4 Å². The Balaban J connectivity index is 0.00000169. The van der Waals surface area contributed by atoms with Gasteiger partial charge in [-0.15, -0.1) is 0 Å². The van der Waals surface area contributed by atoms with Crippen LogP contribution >= 0.6 is 0 Å². The topological polar surface area (TPSA) is 17.8 Å². The van der Waals surface area contributed by atoms with Gasteiger partial charge >= 0.3 is 0 Å². The van der Waals surface area contributed by atoms with E-state index in [2.05, 4.69) is 57.3 Å². The highest BCUT2D eigenvalue weighted by Gasteiger charge is 2.24. The second-order valence-electron chi connectivity index (χ2n) is 5.54. The predicted octanol–water partition coefficient (Wildman–Crippen LogP) is 3.57. The van der Waals surface area contributed by atoms with Gasteiger partial charge in [0, 0.05) is 23.3 Å². The molecule has 0 atom stereocenters. The Morgan fingerprint density at radius 1 is 1.07 bits per heavy atom. The summed E-state index contributed by atoms with van der Waals surface area (Å²) in [6, 6.07) is 0. The minimum Gasteiger partial charge on any atom is -0.329 e. The molecule has 0 saturated carbocycles. The van der Waals surface area contributed by atoms with Crippen LogP contribution in [0.4, 0.5) is 0 Å². The highest BCUT2D eigenvalue weighted by Crippen LogP contribution is 2.25. The Morgan fingerprint density at radius 2 is 1.57 bits per heavy atom. The molecule has 1 aromatic heterocycles. The van der Waals surface area contributed by atoms with Crippen LogP contribution < -0.4 is 0 Å². The molecule has 0 aliphatic carbocycles. The molecule has 1 rings (SSSR count). The maximum atomic E-state index is 4.42. The molecule has 0 bridgehead atoms. The molecule has 0 N–H and O–H groups in total. The lowest BCUT2D eigenvalue weighted by molar-refractivity contribution is 0.354. The molecule has 14 heavy (non-hydrogen) atoms. The van der Waals surface area contributed by atoms with Crippen LogP contribution in [-0.2, 0) is 11.0 Å². The quantitative estimate of drug-likeness (QED) is 0.620. The monoisotopic (exact) mass is 196 g/mol.